The van der Waals surface area contributed by atoms with E-state index in [2.05, 4.69) is 42.5 Å². The van der Waals surface area contributed by atoms with Crippen LogP contribution in [0.1, 0.15) is 35.3 Å². The predicted octanol–water partition coefficient (Wildman–Crippen LogP) is 2.74. The van der Waals surface area contributed by atoms with Gasteiger partial charge in [-0.1, -0.05) is 13.8 Å². The van der Waals surface area contributed by atoms with Crippen LogP contribution in [0.5, 0.6) is 0 Å². The smallest absolute Gasteiger partial charge is 0.0841 e. The van der Waals surface area contributed by atoms with Gasteiger partial charge in [-0.2, -0.15) is 5.10 Å². The zero-order valence-electron chi connectivity index (χ0n) is 10.6. The maximum absolute atomic E-state index is 4.25. The second-order valence-electron chi connectivity index (χ2n) is 4.03. The van der Waals surface area contributed by atoms with Gasteiger partial charge in [-0.15, -0.1) is 11.3 Å². The van der Waals surface area contributed by atoms with Crippen molar-refractivity contribution in [2.45, 2.75) is 26.3 Å². The van der Waals surface area contributed by atoms with Crippen molar-refractivity contribution in [3.63, 3.8) is 0 Å². The lowest BCUT2D eigenvalue weighted by molar-refractivity contribution is 0.579. The summed E-state index contributed by atoms with van der Waals surface area (Å²) in [5, 5.41) is 7.78. The number of thiophene rings is 1. The zero-order chi connectivity index (χ0) is 12.3. The van der Waals surface area contributed by atoms with Crippen LogP contribution in [-0.2, 0) is 13.5 Å². The Morgan fingerprint density at radius 3 is 2.71 bits per heavy atom. The lowest BCUT2D eigenvalue weighted by Crippen LogP contribution is -2.23. The number of hydrogen-bond acceptors (Lipinski definition) is 3. The summed E-state index contributed by atoms with van der Waals surface area (Å²) in [7, 11) is 1.99. The summed E-state index contributed by atoms with van der Waals surface area (Å²) < 4.78 is 1.94. The van der Waals surface area contributed by atoms with Gasteiger partial charge in [0.25, 0.3) is 0 Å². The van der Waals surface area contributed by atoms with Gasteiger partial charge in [0.1, 0.15) is 0 Å². The molecule has 2 rings (SSSR count). The lowest BCUT2D eigenvalue weighted by Gasteiger charge is -2.16. The van der Waals surface area contributed by atoms with E-state index < -0.39 is 0 Å². The van der Waals surface area contributed by atoms with Crippen molar-refractivity contribution in [3.05, 3.63) is 39.8 Å². The summed E-state index contributed by atoms with van der Waals surface area (Å²) in [6, 6.07) is 6.79. The first kappa shape index (κ1) is 12.3. The molecule has 17 heavy (non-hydrogen) atoms. The van der Waals surface area contributed by atoms with Crippen LogP contribution in [0.15, 0.2) is 24.4 Å². The number of aryl methyl sites for hydroxylation is 2. The van der Waals surface area contributed by atoms with Crippen molar-refractivity contribution in [2.75, 3.05) is 6.54 Å². The summed E-state index contributed by atoms with van der Waals surface area (Å²) in [6.07, 6.45) is 2.96. The summed E-state index contributed by atoms with van der Waals surface area (Å²) in [5.74, 6) is 0. The lowest BCUT2D eigenvalue weighted by atomic mass is 10.1. The summed E-state index contributed by atoms with van der Waals surface area (Å²) >= 11 is 1.88. The highest BCUT2D eigenvalue weighted by Gasteiger charge is 2.17. The third kappa shape index (κ3) is 2.58. The van der Waals surface area contributed by atoms with Crippen molar-refractivity contribution >= 4 is 11.3 Å². The standard InChI is InChI=1S/C13H19N3S/c1-4-10-6-7-12(17-10)13(14-5-2)11-8-9-15-16(11)3/h6-9,13-14H,4-5H2,1-3H3. The van der Waals surface area contributed by atoms with Crippen LogP contribution >= 0.6 is 11.3 Å². The minimum Gasteiger partial charge on any atom is -0.305 e. The molecular weight excluding hydrogens is 230 g/mol. The normalized spacial score (nSPS) is 12.9. The molecule has 1 N–H and O–H groups in total. The highest BCUT2D eigenvalue weighted by atomic mass is 32.1. The average Bonchev–Trinajstić information content (AvgIpc) is 2.95. The molecule has 0 fully saturated rings. The fraction of sp³-hybridized carbons (Fsp3) is 0.462. The molecule has 0 saturated carbocycles. The molecule has 4 heteroatoms. The summed E-state index contributed by atoms with van der Waals surface area (Å²) in [6.45, 7) is 5.29. The molecule has 0 saturated heterocycles. The third-order valence-electron chi connectivity index (χ3n) is 2.88. The fourth-order valence-electron chi connectivity index (χ4n) is 1.96. The Balaban J connectivity index is 2.32. The van der Waals surface area contributed by atoms with E-state index in [4.69, 9.17) is 0 Å². The van der Waals surface area contributed by atoms with Crippen LogP contribution in [0.2, 0.25) is 0 Å². The SMILES string of the molecule is CCNC(c1ccc(CC)s1)c1ccnn1C. The van der Waals surface area contributed by atoms with Gasteiger partial charge in [0.15, 0.2) is 0 Å². The zero-order valence-corrected chi connectivity index (χ0v) is 11.4. The molecule has 0 radical (unpaired) electrons. The molecule has 2 aromatic rings. The van der Waals surface area contributed by atoms with Crippen LogP contribution in [0.25, 0.3) is 0 Å². The molecule has 2 aromatic heterocycles. The van der Waals surface area contributed by atoms with E-state index in [1.165, 1.54) is 15.4 Å². The van der Waals surface area contributed by atoms with E-state index in [0.29, 0.717) is 0 Å². The van der Waals surface area contributed by atoms with Crippen LogP contribution in [0.3, 0.4) is 0 Å². The van der Waals surface area contributed by atoms with Crippen LogP contribution < -0.4 is 5.32 Å². The Morgan fingerprint density at radius 2 is 2.18 bits per heavy atom. The minimum atomic E-state index is 0.262. The van der Waals surface area contributed by atoms with Crippen molar-refractivity contribution in [1.29, 1.82) is 0 Å². The summed E-state index contributed by atoms with van der Waals surface area (Å²) in [4.78, 5) is 2.80. The number of nitrogens with one attached hydrogen (secondary N) is 1. The first-order valence-corrected chi connectivity index (χ1v) is 6.87. The second kappa shape index (κ2) is 5.47. The molecule has 92 valence electrons. The average molecular weight is 249 g/mol. The van der Waals surface area contributed by atoms with E-state index in [1.54, 1.807) is 0 Å². The molecule has 0 spiro atoms. The largest absolute Gasteiger partial charge is 0.305 e. The molecule has 0 aliphatic heterocycles. The number of rotatable bonds is 5. The van der Waals surface area contributed by atoms with Crippen molar-refractivity contribution in [1.82, 2.24) is 15.1 Å². The molecule has 2 heterocycles. The van der Waals surface area contributed by atoms with Gasteiger partial charge in [-0.3, -0.25) is 4.68 Å². The van der Waals surface area contributed by atoms with Crippen molar-refractivity contribution < 1.29 is 0 Å². The first-order valence-electron chi connectivity index (χ1n) is 6.06. The van der Waals surface area contributed by atoms with Gasteiger partial charge < -0.3 is 5.32 Å². The molecule has 0 aliphatic rings. The minimum absolute atomic E-state index is 0.262. The number of aromatic nitrogens is 2. The van der Waals surface area contributed by atoms with E-state index in [1.807, 2.05) is 29.3 Å². The Morgan fingerprint density at radius 1 is 1.35 bits per heavy atom. The summed E-state index contributed by atoms with van der Waals surface area (Å²) in [5.41, 5.74) is 1.22. The molecule has 0 aliphatic carbocycles. The van der Waals surface area contributed by atoms with Gasteiger partial charge in [-0.05, 0) is 31.2 Å². The third-order valence-corrected chi connectivity index (χ3v) is 4.17. The molecule has 3 nitrogen and oxygen atoms in total. The predicted molar refractivity (Wildman–Crippen MR) is 72.4 cm³/mol. The van der Waals surface area contributed by atoms with Gasteiger partial charge >= 0.3 is 0 Å². The Labute approximate surface area is 106 Å². The highest BCUT2D eigenvalue weighted by Crippen LogP contribution is 2.28. The molecule has 0 aromatic carbocycles. The highest BCUT2D eigenvalue weighted by molar-refractivity contribution is 7.12. The Bertz CT molecular complexity index is 472. The topological polar surface area (TPSA) is 29.9 Å². The Hall–Kier alpha value is -1.13. The van der Waals surface area contributed by atoms with Crippen LogP contribution in [0, 0.1) is 0 Å². The quantitative estimate of drug-likeness (QED) is 0.883. The molecular formula is C13H19N3S. The van der Waals surface area contributed by atoms with E-state index in [0.717, 1.165) is 13.0 Å². The van der Waals surface area contributed by atoms with Gasteiger partial charge in [0.05, 0.1) is 11.7 Å². The molecule has 0 amide bonds. The Kier molecular flexibility index (Phi) is 3.97. The van der Waals surface area contributed by atoms with Gasteiger partial charge in [0.2, 0.25) is 0 Å². The van der Waals surface area contributed by atoms with Gasteiger partial charge in [0, 0.05) is 23.0 Å². The number of hydrogen-bond donors (Lipinski definition) is 1. The molecule has 0 bridgehead atoms. The van der Waals surface area contributed by atoms with Crippen LogP contribution in [-0.4, -0.2) is 16.3 Å². The fourth-order valence-corrected chi connectivity index (χ4v) is 3.00. The maximum atomic E-state index is 4.25. The van der Waals surface area contributed by atoms with E-state index in [-0.39, 0.29) is 6.04 Å². The van der Waals surface area contributed by atoms with E-state index in [9.17, 15) is 0 Å². The molecule has 1 atom stereocenters. The van der Waals surface area contributed by atoms with Crippen molar-refractivity contribution in [3.8, 4) is 0 Å². The first-order chi connectivity index (χ1) is 8.26. The monoisotopic (exact) mass is 249 g/mol. The molecule has 1 unspecified atom stereocenters. The number of nitrogens with zero attached hydrogens (tertiary/aromatic N) is 2. The maximum Gasteiger partial charge on any atom is 0.0841 e. The van der Waals surface area contributed by atoms with Crippen LogP contribution in [0.4, 0.5) is 0 Å². The van der Waals surface area contributed by atoms with E-state index >= 15 is 0 Å². The second-order valence-corrected chi connectivity index (χ2v) is 5.23. The van der Waals surface area contributed by atoms with Crippen molar-refractivity contribution in [2.24, 2.45) is 7.05 Å². The van der Waals surface area contributed by atoms with Gasteiger partial charge in [-0.25, -0.2) is 0 Å².